The third kappa shape index (κ3) is 2.54. The van der Waals surface area contributed by atoms with Gasteiger partial charge in [-0.1, -0.05) is 24.3 Å². The molecule has 0 spiro atoms. The van der Waals surface area contributed by atoms with E-state index in [-0.39, 0.29) is 0 Å². The second kappa shape index (κ2) is 6.56. The lowest BCUT2D eigenvalue weighted by atomic mass is 10.2. The third-order valence-corrected chi connectivity index (χ3v) is 5.62. The number of carbonyl (C=O) groups excluding carboxylic acids is 1. The zero-order valence-electron chi connectivity index (χ0n) is 16.2. The zero-order valence-corrected chi connectivity index (χ0v) is 16.2. The molecule has 0 fully saturated rings. The van der Waals surface area contributed by atoms with Gasteiger partial charge in [0.25, 0.3) is 0 Å². The van der Waals surface area contributed by atoms with E-state index in [0.717, 1.165) is 45.4 Å². The van der Waals surface area contributed by atoms with Crippen molar-refractivity contribution < 1.29 is 9.53 Å². The lowest BCUT2D eigenvalue weighted by Gasteiger charge is -2.19. The van der Waals surface area contributed by atoms with Gasteiger partial charge in [0.05, 0.1) is 30.0 Å². The van der Waals surface area contributed by atoms with E-state index in [1.807, 2.05) is 36.5 Å². The van der Waals surface area contributed by atoms with Crippen molar-refractivity contribution in [3.8, 4) is 17.3 Å². The fourth-order valence-corrected chi connectivity index (χ4v) is 4.31. The van der Waals surface area contributed by atoms with Crippen LogP contribution in [0.1, 0.15) is 16.1 Å². The summed E-state index contributed by atoms with van der Waals surface area (Å²) in [6.07, 6.45) is 2.66. The molecule has 0 unspecified atom stereocenters. The van der Waals surface area contributed by atoms with Gasteiger partial charge in [-0.05, 0) is 36.4 Å². The van der Waals surface area contributed by atoms with E-state index in [4.69, 9.17) is 9.72 Å². The largest absolute Gasteiger partial charge is 0.489 e. The second-order valence-corrected chi connectivity index (χ2v) is 7.44. The van der Waals surface area contributed by atoms with Crippen molar-refractivity contribution in [3.63, 3.8) is 0 Å². The Morgan fingerprint density at radius 3 is 2.83 bits per heavy atom. The van der Waals surface area contributed by atoms with Crippen LogP contribution in [0.25, 0.3) is 33.5 Å². The van der Waals surface area contributed by atoms with E-state index < -0.39 is 0 Å². The standard InChI is InChI=1S/C24H18N4O2/c29-15-16-11-19-23-22(12-16)30-10-9-27(23)24(26-19)21-13-17-5-1-2-7-20(17)28(21)14-18-6-3-4-8-25-18/h1-8,11-13,15H,9-10,14H2. The smallest absolute Gasteiger partial charge is 0.158 e. The molecule has 30 heavy (non-hydrogen) atoms. The van der Waals surface area contributed by atoms with Crippen molar-refractivity contribution in [2.75, 3.05) is 6.61 Å². The van der Waals surface area contributed by atoms with Gasteiger partial charge >= 0.3 is 0 Å². The number of hydrogen-bond donors (Lipinski definition) is 0. The molecular formula is C24H18N4O2. The lowest BCUT2D eigenvalue weighted by Crippen LogP contribution is -2.16. The number of para-hydroxylation sites is 1. The van der Waals surface area contributed by atoms with E-state index in [1.165, 1.54) is 0 Å². The summed E-state index contributed by atoms with van der Waals surface area (Å²) in [4.78, 5) is 20.8. The Morgan fingerprint density at radius 2 is 1.97 bits per heavy atom. The van der Waals surface area contributed by atoms with E-state index in [2.05, 4.69) is 38.4 Å². The molecule has 1 aliphatic rings. The van der Waals surface area contributed by atoms with Crippen molar-refractivity contribution >= 4 is 28.2 Å². The maximum absolute atomic E-state index is 11.4. The summed E-state index contributed by atoms with van der Waals surface area (Å²) >= 11 is 0. The van der Waals surface area contributed by atoms with Crippen LogP contribution >= 0.6 is 0 Å². The molecule has 0 saturated heterocycles. The maximum Gasteiger partial charge on any atom is 0.158 e. The maximum atomic E-state index is 11.4. The molecule has 146 valence electrons. The van der Waals surface area contributed by atoms with E-state index in [0.29, 0.717) is 31.0 Å². The number of hydrogen-bond acceptors (Lipinski definition) is 4. The SMILES string of the molecule is O=Cc1cc2c3c(c1)nc(-c1cc4ccccc4n1Cc1ccccn1)n3CCO2. The van der Waals surface area contributed by atoms with E-state index in [9.17, 15) is 4.79 Å². The number of rotatable bonds is 4. The van der Waals surface area contributed by atoms with Crippen molar-refractivity contribution in [2.45, 2.75) is 13.1 Å². The zero-order chi connectivity index (χ0) is 20.1. The first-order chi connectivity index (χ1) is 14.8. The number of nitrogens with zero attached hydrogens (tertiary/aromatic N) is 4. The van der Waals surface area contributed by atoms with Crippen molar-refractivity contribution in [1.82, 2.24) is 19.1 Å². The minimum absolute atomic E-state index is 0.550. The molecule has 6 heteroatoms. The number of aromatic nitrogens is 4. The molecule has 1 aliphatic heterocycles. The van der Waals surface area contributed by atoms with E-state index in [1.54, 1.807) is 6.07 Å². The predicted molar refractivity (Wildman–Crippen MR) is 115 cm³/mol. The Labute approximate surface area is 172 Å². The normalized spacial score (nSPS) is 12.9. The van der Waals surface area contributed by atoms with Crippen LogP contribution < -0.4 is 4.74 Å². The van der Waals surface area contributed by atoms with Crippen LogP contribution in [0.15, 0.2) is 66.9 Å². The summed E-state index contributed by atoms with van der Waals surface area (Å²) in [5.41, 5.74) is 5.44. The highest BCUT2D eigenvalue weighted by Crippen LogP contribution is 2.36. The molecule has 0 amide bonds. The first-order valence-corrected chi connectivity index (χ1v) is 9.92. The number of benzene rings is 2. The highest BCUT2D eigenvalue weighted by molar-refractivity contribution is 5.93. The summed E-state index contributed by atoms with van der Waals surface area (Å²) in [6, 6.07) is 20.1. The average Bonchev–Trinajstić information content (AvgIpc) is 3.34. The third-order valence-electron chi connectivity index (χ3n) is 5.62. The quantitative estimate of drug-likeness (QED) is 0.426. The van der Waals surface area contributed by atoms with Crippen LogP contribution in [0.4, 0.5) is 0 Å². The van der Waals surface area contributed by atoms with Gasteiger partial charge in [0.2, 0.25) is 0 Å². The molecule has 3 aromatic heterocycles. The Hall–Kier alpha value is -3.93. The molecule has 0 atom stereocenters. The Bertz CT molecular complexity index is 1420. The molecule has 2 aromatic carbocycles. The lowest BCUT2D eigenvalue weighted by molar-refractivity contribution is 0.112. The van der Waals surface area contributed by atoms with Gasteiger partial charge in [0.1, 0.15) is 24.2 Å². The number of fused-ring (bicyclic) bond motifs is 1. The predicted octanol–water partition coefficient (Wildman–Crippen LogP) is 4.31. The summed E-state index contributed by atoms with van der Waals surface area (Å²) in [5, 5.41) is 1.16. The molecule has 6 nitrogen and oxygen atoms in total. The molecule has 6 rings (SSSR count). The fourth-order valence-electron chi connectivity index (χ4n) is 4.31. The molecule has 0 aliphatic carbocycles. The van der Waals surface area contributed by atoms with Gasteiger partial charge in [-0.3, -0.25) is 9.78 Å². The number of aldehydes is 1. The Morgan fingerprint density at radius 1 is 1.07 bits per heavy atom. The molecule has 0 bridgehead atoms. The topological polar surface area (TPSA) is 61.9 Å². The van der Waals surface area contributed by atoms with Crippen LogP contribution in [0.5, 0.6) is 5.75 Å². The number of pyridine rings is 1. The first kappa shape index (κ1) is 17.0. The van der Waals surface area contributed by atoms with Gasteiger partial charge in [0.15, 0.2) is 5.82 Å². The van der Waals surface area contributed by atoms with Gasteiger partial charge in [0, 0.05) is 22.7 Å². The summed E-state index contributed by atoms with van der Waals surface area (Å²) < 4.78 is 10.3. The summed E-state index contributed by atoms with van der Waals surface area (Å²) in [7, 11) is 0. The Balaban J connectivity index is 1.62. The highest BCUT2D eigenvalue weighted by Gasteiger charge is 2.23. The molecule has 0 radical (unpaired) electrons. The van der Waals surface area contributed by atoms with Gasteiger partial charge in [-0.25, -0.2) is 4.98 Å². The minimum atomic E-state index is 0.550. The minimum Gasteiger partial charge on any atom is -0.489 e. The number of ether oxygens (including phenoxy) is 1. The fraction of sp³-hybridized carbons (Fsp3) is 0.125. The molecular weight excluding hydrogens is 376 g/mol. The summed E-state index contributed by atoms with van der Waals surface area (Å²) in [6.45, 7) is 1.91. The van der Waals surface area contributed by atoms with Crippen molar-refractivity contribution in [2.24, 2.45) is 0 Å². The van der Waals surface area contributed by atoms with Gasteiger partial charge < -0.3 is 13.9 Å². The van der Waals surface area contributed by atoms with Crippen molar-refractivity contribution in [1.29, 1.82) is 0 Å². The number of imidazole rings is 1. The highest BCUT2D eigenvalue weighted by atomic mass is 16.5. The van der Waals surface area contributed by atoms with Crippen LogP contribution in [0, 0.1) is 0 Å². The van der Waals surface area contributed by atoms with Crippen LogP contribution in [-0.4, -0.2) is 32.0 Å². The molecule has 0 N–H and O–H groups in total. The average molecular weight is 394 g/mol. The van der Waals surface area contributed by atoms with Crippen LogP contribution in [-0.2, 0) is 13.1 Å². The Kier molecular flexibility index (Phi) is 3.71. The van der Waals surface area contributed by atoms with Crippen molar-refractivity contribution in [3.05, 3.63) is 78.1 Å². The molecule has 5 aromatic rings. The van der Waals surface area contributed by atoms with Gasteiger partial charge in [-0.15, -0.1) is 0 Å². The van der Waals surface area contributed by atoms with Gasteiger partial charge in [-0.2, -0.15) is 0 Å². The second-order valence-electron chi connectivity index (χ2n) is 7.44. The number of carbonyl (C=O) groups is 1. The first-order valence-electron chi connectivity index (χ1n) is 9.92. The molecule has 4 heterocycles. The monoisotopic (exact) mass is 394 g/mol. The van der Waals surface area contributed by atoms with Crippen LogP contribution in [0.3, 0.4) is 0 Å². The molecule has 0 saturated carbocycles. The summed E-state index contributed by atoms with van der Waals surface area (Å²) in [5.74, 6) is 1.59. The van der Waals surface area contributed by atoms with E-state index >= 15 is 0 Å². The van der Waals surface area contributed by atoms with Crippen LogP contribution in [0.2, 0.25) is 0 Å².